The van der Waals surface area contributed by atoms with Crippen LogP contribution in [0.1, 0.15) is 23.2 Å². The van der Waals surface area contributed by atoms with E-state index in [1.165, 1.54) is 21.3 Å². The molecule has 1 aliphatic carbocycles. The van der Waals surface area contributed by atoms with E-state index in [0.29, 0.717) is 33.8 Å². The molecule has 1 fully saturated rings. The van der Waals surface area contributed by atoms with Crippen molar-refractivity contribution in [3.63, 3.8) is 0 Å². The van der Waals surface area contributed by atoms with Crippen LogP contribution in [0.3, 0.4) is 0 Å². The molecule has 0 heterocycles. The summed E-state index contributed by atoms with van der Waals surface area (Å²) < 4.78 is 16.5. The van der Waals surface area contributed by atoms with Crippen LogP contribution in [0.25, 0.3) is 0 Å². The van der Waals surface area contributed by atoms with Crippen LogP contribution in [-0.2, 0) is 0 Å². The Bertz CT molecular complexity index is 559. The first-order valence-electron chi connectivity index (χ1n) is 6.99. The van der Waals surface area contributed by atoms with E-state index in [0.717, 1.165) is 12.8 Å². The normalized spacial score (nSPS) is 13.7. The molecule has 0 bridgehead atoms. The zero-order chi connectivity index (χ0) is 16.3. The summed E-state index contributed by atoms with van der Waals surface area (Å²) in [7, 11) is 4.52. The minimum absolute atomic E-state index is 0.0652. The SMILES string of the molecule is COc1cc(C(=O)N(CCO)C2CC2)c(Br)c(OC)c1OC. The third-order valence-electron chi connectivity index (χ3n) is 3.59. The first-order chi connectivity index (χ1) is 10.6. The van der Waals surface area contributed by atoms with E-state index in [9.17, 15) is 9.90 Å². The van der Waals surface area contributed by atoms with Crippen molar-refractivity contribution in [1.29, 1.82) is 0 Å². The van der Waals surface area contributed by atoms with Crippen molar-refractivity contribution in [2.75, 3.05) is 34.5 Å². The number of ether oxygens (including phenoxy) is 3. The standard InChI is InChI=1S/C15H20BrNO5/c1-20-11-8-10(12(16)14(22-3)13(11)21-2)15(19)17(6-7-18)9-4-5-9/h8-9,18H,4-7H2,1-3H3. The monoisotopic (exact) mass is 373 g/mol. The van der Waals surface area contributed by atoms with Gasteiger partial charge in [0.1, 0.15) is 0 Å². The summed E-state index contributed by atoms with van der Waals surface area (Å²) >= 11 is 3.42. The highest BCUT2D eigenvalue weighted by Crippen LogP contribution is 2.45. The number of methoxy groups -OCH3 is 3. The van der Waals surface area contributed by atoms with E-state index in [1.807, 2.05) is 0 Å². The molecule has 0 spiro atoms. The van der Waals surface area contributed by atoms with Gasteiger partial charge in [-0.25, -0.2) is 0 Å². The molecule has 7 heteroatoms. The van der Waals surface area contributed by atoms with Crippen molar-refractivity contribution in [3.05, 3.63) is 16.1 Å². The molecule has 0 aromatic heterocycles. The lowest BCUT2D eigenvalue weighted by Crippen LogP contribution is -2.35. The Hall–Kier alpha value is -1.47. The Labute approximate surface area is 138 Å². The largest absolute Gasteiger partial charge is 0.493 e. The highest BCUT2D eigenvalue weighted by Gasteiger charge is 2.34. The van der Waals surface area contributed by atoms with Crippen molar-refractivity contribution in [2.45, 2.75) is 18.9 Å². The summed E-state index contributed by atoms with van der Waals surface area (Å²) in [5.41, 5.74) is 0.426. The summed E-state index contributed by atoms with van der Waals surface area (Å²) in [6.07, 6.45) is 1.93. The van der Waals surface area contributed by atoms with Crippen molar-refractivity contribution >= 4 is 21.8 Å². The van der Waals surface area contributed by atoms with Crippen LogP contribution in [0.15, 0.2) is 10.5 Å². The van der Waals surface area contributed by atoms with E-state index >= 15 is 0 Å². The van der Waals surface area contributed by atoms with Crippen LogP contribution in [0.2, 0.25) is 0 Å². The van der Waals surface area contributed by atoms with Gasteiger partial charge in [0.2, 0.25) is 5.75 Å². The number of amides is 1. The third kappa shape index (κ3) is 3.15. The van der Waals surface area contributed by atoms with Gasteiger partial charge in [-0.1, -0.05) is 0 Å². The number of aliphatic hydroxyl groups excluding tert-OH is 1. The van der Waals surface area contributed by atoms with Crippen LogP contribution in [0.4, 0.5) is 0 Å². The molecule has 0 radical (unpaired) electrons. The molecule has 0 saturated heterocycles. The minimum Gasteiger partial charge on any atom is -0.493 e. The number of hydrogen-bond acceptors (Lipinski definition) is 5. The predicted molar refractivity (Wildman–Crippen MR) is 84.9 cm³/mol. The quantitative estimate of drug-likeness (QED) is 0.792. The molecule has 6 nitrogen and oxygen atoms in total. The van der Waals surface area contributed by atoms with Gasteiger partial charge >= 0.3 is 0 Å². The van der Waals surface area contributed by atoms with E-state index in [1.54, 1.807) is 11.0 Å². The molecule has 2 rings (SSSR count). The molecular formula is C15H20BrNO5. The second-order valence-corrected chi connectivity index (χ2v) is 5.75. The lowest BCUT2D eigenvalue weighted by atomic mass is 10.1. The van der Waals surface area contributed by atoms with E-state index < -0.39 is 0 Å². The van der Waals surface area contributed by atoms with Gasteiger partial charge in [-0.3, -0.25) is 4.79 Å². The minimum atomic E-state index is -0.164. The van der Waals surface area contributed by atoms with Crippen LogP contribution >= 0.6 is 15.9 Å². The molecule has 1 N–H and O–H groups in total. The number of benzene rings is 1. The van der Waals surface area contributed by atoms with Gasteiger partial charge in [0.25, 0.3) is 5.91 Å². The molecule has 122 valence electrons. The molecule has 22 heavy (non-hydrogen) atoms. The Kier molecular flexibility index (Phi) is 5.52. The number of carbonyl (C=O) groups is 1. The Balaban J connectivity index is 2.47. The summed E-state index contributed by atoms with van der Waals surface area (Å²) in [5.74, 6) is 1.09. The van der Waals surface area contributed by atoms with Crippen molar-refractivity contribution in [3.8, 4) is 17.2 Å². The van der Waals surface area contributed by atoms with Gasteiger partial charge in [0, 0.05) is 12.6 Å². The average molecular weight is 374 g/mol. The van der Waals surface area contributed by atoms with Gasteiger partial charge in [0.05, 0.1) is 38.0 Å². The van der Waals surface area contributed by atoms with Gasteiger partial charge in [0.15, 0.2) is 11.5 Å². The van der Waals surface area contributed by atoms with E-state index in [4.69, 9.17) is 14.2 Å². The maximum atomic E-state index is 12.8. The molecule has 0 unspecified atom stereocenters. The van der Waals surface area contributed by atoms with Crippen molar-refractivity contribution in [2.24, 2.45) is 0 Å². The molecule has 1 aromatic rings. The number of halogens is 1. The summed E-state index contributed by atoms with van der Waals surface area (Å²) in [6.45, 7) is 0.247. The van der Waals surface area contributed by atoms with Crippen molar-refractivity contribution < 1.29 is 24.1 Å². The highest BCUT2D eigenvalue weighted by atomic mass is 79.9. The number of hydrogen-bond donors (Lipinski definition) is 1. The molecule has 0 atom stereocenters. The van der Waals surface area contributed by atoms with E-state index in [-0.39, 0.29) is 18.6 Å². The topological polar surface area (TPSA) is 68.2 Å². The second kappa shape index (κ2) is 7.19. The summed E-state index contributed by atoms with van der Waals surface area (Å²) in [4.78, 5) is 14.5. The molecule has 1 saturated carbocycles. The second-order valence-electron chi connectivity index (χ2n) is 4.96. The van der Waals surface area contributed by atoms with Gasteiger partial charge in [-0.2, -0.15) is 0 Å². The Morgan fingerprint density at radius 2 is 1.91 bits per heavy atom. The van der Waals surface area contributed by atoms with Crippen molar-refractivity contribution in [1.82, 2.24) is 4.90 Å². The van der Waals surface area contributed by atoms with Gasteiger partial charge in [-0.05, 0) is 34.8 Å². The Morgan fingerprint density at radius 3 is 2.36 bits per heavy atom. The molecule has 1 amide bonds. The van der Waals surface area contributed by atoms with Crippen LogP contribution in [0.5, 0.6) is 17.2 Å². The lowest BCUT2D eigenvalue weighted by molar-refractivity contribution is 0.0705. The maximum Gasteiger partial charge on any atom is 0.255 e. The smallest absolute Gasteiger partial charge is 0.255 e. The molecule has 1 aromatic carbocycles. The fraction of sp³-hybridized carbons (Fsp3) is 0.533. The zero-order valence-electron chi connectivity index (χ0n) is 12.9. The predicted octanol–water partition coefficient (Wildman–Crippen LogP) is 2.07. The summed E-state index contributed by atoms with van der Waals surface area (Å²) in [5, 5.41) is 9.19. The number of aliphatic hydroxyl groups is 1. The average Bonchev–Trinajstić information content (AvgIpc) is 3.35. The fourth-order valence-electron chi connectivity index (χ4n) is 2.38. The third-order valence-corrected chi connectivity index (χ3v) is 4.38. The number of nitrogens with zero attached hydrogens (tertiary/aromatic N) is 1. The Morgan fingerprint density at radius 1 is 1.27 bits per heavy atom. The molecule has 1 aliphatic rings. The fourth-order valence-corrected chi connectivity index (χ4v) is 3.00. The van der Waals surface area contributed by atoms with E-state index in [2.05, 4.69) is 15.9 Å². The molecular weight excluding hydrogens is 354 g/mol. The van der Waals surface area contributed by atoms with Gasteiger partial charge < -0.3 is 24.2 Å². The van der Waals surface area contributed by atoms with Crippen LogP contribution in [0, 0.1) is 0 Å². The summed E-state index contributed by atoms with van der Waals surface area (Å²) in [6, 6.07) is 1.83. The van der Waals surface area contributed by atoms with Crippen LogP contribution in [-0.4, -0.2) is 56.4 Å². The van der Waals surface area contributed by atoms with Gasteiger partial charge in [-0.15, -0.1) is 0 Å². The first kappa shape index (κ1) is 16.9. The zero-order valence-corrected chi connectivity index (χ0v) is 14.5. The number of rotatable bonds is 7. The van der Waals surface area contributed by atoms with Crippen LogP contribution < -0.4 is 14.2 Å². The lowest BCUT2D eigenvalue weighted by Gasteiger charge is -2.23. The molecule has 0 aliphatic heterocycles. The first-order valence-corrected chi connectivity index (χ1v) is 7.78. The maximum absolute atomic E-state index is 12.8. The highest BCUT2D eigenvalue weighted by molar-refractivity contribution is 9.10. The number of carbonyl (C=O) groups excluding carboxylic acids is 1.